The second-order valence-electron chi connectivity index (χ2n) is 4.92. The van der Waals surface area contributed by atoms with Gasteiger partial charge in [0.05, 0.1) is 11.3 Å². The van der Waals surface area contributed by atoms with Gasteiger partial charge in [0.2, 0.25) is 5.91 Å². The van der Waals surface area contributed by atoms with Crippen molar-refractivity contribution in [3.8, 4) is 0 Å². The zero-order valence-electron chi connectivity index (χ0n) is 12.4. The Labute approximate surface area is 132 Å². The Morgan fingerprint density at radius 1 is 1.04 bits per heavy atom. The predicted molar refractivity (Wildman–Crippen MR) is 83.6 cm³/mol. The van der Waals surface area contributed by atoms with Crippen molar-refractivity contribution in [2.24, 2.45) is 0 Å². The van der Waals surface area contributed by atoms with E-state index in [9.17, 15) is 19.7 Å². The average Bonchev–Trinajstić information content (AvgIpc) is 2.53. The van der Waals surface area contributed by atoms with E-state index in [0.29, 0.717) is 11.1 Å². The lowest BCUT2D eigenvalue weighted by Gasteiger charge is -2.09. The van der Waals surface area contributed by atoms with Crippen molar-refractivity contribution in [3.05, 3.63) is 75.3 Å². The summed E-state index contributed by atoms with van der Waals surface area (Å²) in [5, 5.41) is 10.6. The Bertz CT molecular complexity index is 741. The molecule has 0 aliphatic rings. The van der Waals surface area contributed by atoms with Crippen LogP contribution in [0.4, 0.5) is 5.69 Å². The molecule has 0 spiro atoms. The summed E-state index contributed by atoms with van der Waals surface area (Å²) >= 11 is 0. The summed E-state index contributed by atoms with van der Waals surface area (Å²) in [6.45, 7) is 1.80. The van der Waals surface area contributed by atoms with Crippen molar-refractivity contribution in [3.63, 3.8) is 0 Å². The first kappa shape index (κ1) is 16.2. The first-order chi connectivity index (χ1) is 11.0. The number of aryl methyl sites for hydroxylation is 1. The van der Waals surface area contributed by atoms with E-state index in [-0.39, 0.29) is 12.1 Å². The van der Waals surface area contributed by atoms with Crippen molar-refractivity contribution in [2.45, 2.75) is 13.3 Å². The van der Waals surface area contributed by atoms with Crippen LogP contribution in [-0.2, 0) is 11.2 Å². The molecule has 0 atom stereocenters. The molecule has 2 aromatic rings. The number of carbonyl (C=O) groups is 2. The van der Waals surface area contributed by atoms with Gasteiger partial charge in [0.25, 0.3) is 11.6 Å². The molecule has 7 nitrogen and oxygen atoms in total. The van der Waals surface area contributed by atoms with E-state index in [2.05, 4.69) is 10.9 Å². The third-order valence-electron chi connectivity index (χ3n) is 3.22. The number of amides is 2. The molecule has 0 aliphatic heterocycles. The maximum Gasteiger partial charge on any atom is 0.269 e. The van der Waals surface area contributed by atoms with Gasteiger partial charge in [0.1, 0.15) is 0 Å². The number of nitrogens with one attached hydrogen (secondary N) is 2. The molecule has 0 aromatic heterocycles. The van der Waals surface area contributed by atoms with Crippen LogP contribution < -0.4 is 10.9 Å². The highest BCUT2D eigenvalue weighted by Gasteiger charge is 2.10. The van der Waals surface area contributed by atoms with Crippen LogP contribution in [0.25, 0.3) is 0 Å². The SMILES string of the molecule is Cc1ccccc1C(=O)NNC(=O)Cc1ccc([N+](=O)[O-])cc1. The molecule has 118 valence electrons. The fraction of sp³-hybridized carbons (Fsp3) is 0.125. The highest BCUT2D eigenvalue weighted by Crippen LogP contribution is 2.12. The standard InChI is InChI=1S/C16H15N3O4/c1-11-4-2-3-5-14(11)16(21)18-17-15(20)10-12-6-8-13(9-7-12)19(22)23/h2-9H,10H2,1H3,(H,17,20)(H,18,21). The number of hydrogen-bond donors (Lipinski definition) is 2. The van der Waals surface area contributed by atoms with Gasteiger partial charge in [-0.3, -0.25) is 30.6 Å². The summed E-state index contributed by atoms with van der Waals surface area (Å²) in [6, 6.07) is 12.7. The summed E-state index contributed by atoms with van der Waals surface area (Å²) in [5.41, 5.74) is 6.51. The van der Waals surface area contributed by atoms with Crippen LogP contribution in [0.2, 0.25) is 0 Å². The average molecular weight is 313 g/mol. The maximum absolute atomic E-state index is 11.9. The number of hydrazine groups is 1. The fourth-order valence-corrected chi connectivity index (χ4v) is 1.99. The minimum atomic E-state index is -0.508. The Hall–Kier alpha value is -3.22. The van der Waals surface area contributed by atoms with E-state index in [1.165, 1.54) is 24.3 Å². The molecule has 0 fully saturated rings. The van der Waals surface area contributed by atoms with Crippen LogP contribution in [0, 0.1) is 17.0 Å². The van der Waals surface area contributed by atoms with Crippen LogP contribution in [0.15, 0.2) is 48.5 Å². The number of rotatable bonds is 4. The van der Waals surface area contributed by atoms with Crippen molar-refractivity contribution in [1.82, 2.24) is 10.9 Å². The molecule has 0 radical (unpaired) electrons. The van der Waals surface area contributed by atoms with Gasteiger partial charge >= 0.3 is 0 Å². The number of nitrogens with zero attached hydrogens (tertiary/aromatic N) is 1. The Morgan fingerprint density at radius 2 is 1.70 bits per heavy atom. The summed E-state index contributed by atoms with van der Waals surface area (Å²) in [7, 11) is 0. The molecule has 0 heterocycles. The van der Waals surface area contributed by atoms with Gasteiger partial charge in [-0.15, -0.1) is 0 Å². The lowest BCUT2D eigenvalue weighted by atomic mass is 10.1. The van der Waals surface area contributed by atoms with Gasteiger partial charge in [-0.05, 0) is 24.1 Å². The summed E-state index contributed by atoms with van der Waals surface area (Å²) in [4.78, 5) is 33.8. The number of nitro groups is 1. The lowest BCUT2D eigenvalue weighted by Crippen LogP contribution is -2.42. The maximum atomic E-state index is 11.9. The number of carbonyl (C=O) groups excluding carboxylic acids is 2. The van der Waals surface area contributed by atoms with E-state index in [4.69, 9.17) is 0 Å². The zero-order valence-corrected chi connectivity index (χ0v) is 12.4. The number of nitro benzene ring substituents is 1. The van der Waals surface area contributed by atoms with Gasteiger partial charge in [-0.2, -0.15) is 0 Å². The van der Waals surface area contributed by atoms with Crippen molar-refractivity contribution in [1.29, 1.82) is 0 Å². The predicted octanol–water partition coefficient (Wildman–Crippen LogP) is 1.91. The Morgan fingerprint density at radius 3 is 2.30 bits per heavy atom. The van der Waals surface area contributed by atoms with E-state index >= 15 is 0 Å². The van der Waals surface area contributed by atoms with Gasteiger partial charge in [0, 0.05) is 17.7 Å². The van der Waals surface area contributed by atoms with Gasteiger partial charge in [0.15, 0.2) is 0 Å². The lowest BCUT2D eigenvalue weighted by molar-refractivity contribution is -0.384. The van der Waals surface area contributed by atoms with Crippen LogP contribution in [0.3, 0.4) is 0 Å². The number of benzene rings is 2. The van der Waals surface area contributed by atoms with E-state index < -0.39 is 16.7 Å². The van der Waals surface area contributed by atoms with E-state index in [1.807, 2.05) is 6.07 Å². The zero-order chi connectivity index (χ0) is 16.8. The number of non-ortho nitro benzene ring substituents is 1. The Balaban J connectivity index is 1.89. The highest BCUT2D eigenvalue weighted by atomic mass is 16.6. The molecule has 0 aliphatic carbocycles. The molecule has 2 N–H and O–H groups in total. The van der Waals surface area contributed by atoms with Crippen LogP contribution in [0.5, 0.6) is 0 Å². The van der Waals surface area contributed by atoms with E-state index in [0.717, 1.165) is 5.56 Å². The fourth-order valence-electron chi connectivity index (χ4n) is 1.99. The van der Waals surface area contributed by atoms with E-state index in [1.54, 1.807) is 25.1 Å². The minimum absolute atomic E-state index is 0.00600. The first-order valence-electron chi connectivity index (χ1n) is 6.85. The second-order valence-corrected chi connectivity index (χ2v) is 4.92. The van der Waals surface area contributed by atoms with Gasteiger partial charge in [-0.1, -0.05) is 30.3 Å². The van der Waals surface area contributed by atoms with Crippen LogP contribution in [-0.4, -0.2) is 16.7 Å². The number of hydrogen-bond acceptors (Lipinski definition) is 4. The third kappa shape index (κ3) is 4.37. The molecular formula is C16H15N3O4. The molecule has 2 amide bonds. The van der Waals surface area contributed by atoms with Crippen LogP contribution in [0.1, 0.15) is 21.5 Å². The normalized spacial score (nSPS) is 9.96. The van der Waals surface area contributed by atoms with Gasteiger partial charge in [-0.25, -0.2) is 0 Å². The van der Waals surface area contributed by atoms with Crippen molar-refractivity contribution >= 4 is 17.5 Å². The smallest absolute Gasteiger partial charge is 0.269 e. The van der Waals surface area contributed by atoms with Crippen LogP contribution >= 0.6 is 0 Å². The molecule has 0 saturated heterocycles. The summed E-state index contributed by atoms with van der Waals surface area (Å²) < 4.78 is 0. The molecule has 7 heteroatoms. The summed E-state index contributed by atoms with van der Waals surface area (Å²) in [6.07, 6.45) is 0.00600. The molecule has 0 saturated carbocycles. The van der Waals surface area contributed by atoms with Crippen molar-refractivity contribution in [2.75, 3.05) is 0 Å². The molecule has 0 unspecified atom stereocenters. The van der Waals surface area contributed by atoms with Crippen molar-refractivity contribution < 1.29 is 14.5 Å². The first-order valence-corrected chi connectivity index (χ1v) is 6.85. The minimum Gasteiger partial charge on any atom is -0.273 e. The molecule has 2 aromatic carbocycles. The topological polar surface area (TPSA) is 101 Å². The molecule has 0 bridgehead atoms. The molecule has 23 heavy (non-hydrogen) atoms. The monoisotopic (exact) mass is 313 g/mol. The van der Waals surface area contributed by atoms with Gasteiger partial charge < -0.3 is 0 Å². The second kappa shape index (κ2) is 7.17. The highest BCUT2D eigenvalue weighted by molar-refractivity contribution is 5.96. The Kier molecular flexibility index (Phi) is 5.03. The summed E-state index contributed by atoms with van der Waals surface area (Å²) in [5.74, 6) is -0.819. The third-order valence-corrected chi connectivity index (χ3v) is 3.22. The largest absolute Gasteiger partial charge is 0.273 e. The quantitative estimate of drug-likeness (QED) is 0.665. The molecule has 2 rings (SSSR count). The molecular weight excluding hydrogens is 298 g/mol.